The summed E-state index contributed by atoms with van der Waals surface area (Å²) in [5, 5.41) is 18.2. The number of aliphatic hydroxyl groups excluding tert-OH is 2. The van der Waals surface area contributed by atoms with Crippen molar-refractivity contribution in [1.29, 1.82) is 0 Å². The molecule has 0 aliphatic heterocycles. The first-order valence-corrected chi connectivity index (χ1v) is 20.4. The smallest absolute Gasteiger partial charge is 0.462 e. The third-order valence-electron chi connectivity index (χ3n) is 7.81. The second kappa shape index (κ2) is 34.6. The molecule has 0 heterocycles. The van der Waals surface area contributed by atoms with Crippen LogP contribution in [-0.2, 0) is 32.7 Å². The number of hydrogen-bond donors (Lipinski definition) is 3. The summed E-state index contributed by atoms with van der Waals surface area (Å²) in [5.41, 5.74) is 0. The number of ether oxygens (including phenoxy) is 2. The monoisotopic (exact) mass is 716 g/mol. The van der Waals surface area contributed by atoms with E-state index in [2.05, 4.69) is 54.8 Å². The highest BCUT2D eigenvalue weighted by molar-refractivity contribution is 7.47. The van der Waals surface area contributed by atoms with Crippen molar-refractivity contribution in [3.05, 3.63) is 36.5 Å². The van der Waals surface area contributed by atoms with Gasteiger partial charge in [-0.25, -0.2) is 4.57 Å². The predicted molar refractivity (Wildman–Crippen MR) is 196 cm³/mol. The molecule has 0 amide bonds. The van der Waals surface area contributed by atoms with Crippen molar-refractivity contribution in [2.75, 3.05) is 26.4 Å². The Bertz CT molecular complexity index is 920. The minimum atomic E-state index is -4.61. The summed E-state index contributed by atoms with van der Waals surface area (Å²) in [6.07, 6.45) is 32.6. The first-order chi connectivity index (χ1) is 23.7. The number of carbonyl (C=O) groups excluding carboxylic acids is 2. The van der Waals surface area contributed by atoms with E-state index in [4.69, 9.17) is 19.1 Å². The molecule has 49 heavy (non-hydrogen) atoms. The fraction of sp³-hybridized carbons (Fsp3) is 0.789. The molecule has 0 aliphatic rings. The lowest BCUT2D eigenvalue weighted by Crippen LogP contribution is -2.29. The zero-order valence-electron chi connectivity index (χ0n) is 30.7. The number of rotatable bonds is 35. The molecule has 3 atom stereocenters. The summed E-state index contributed by atoms with van der Waals surface area (Å²) in [6.45, 7) is 2.21. The van der Waals surface area contributed by atoms with Gasteiger partial charge in [0.15, 0.2) is 6.10 Å². The summed E-state index contributed by atoms with van der Waals surface area (Å²) in [4.78, 5) is 34.7. The number of unbranched alkanes of at least 4 members (excludes halogenated alkanes) is 15. The number of hydrogen-bond acceptors (Lipinski definition) is 9. The zero-order chi connectivity index (χ0) is 36.3. The standard InChI is InChI=1S/C38H69O10P/c1-3-5-7-9-11-13-14-15-16-17-18-19-20-22-24-26-28-30-38(42)48-36(34-47-49(43,44)46-32-35(40)31-39)33-45-37(41)29-27-25-23-21-12-10-8-6-4-2/h5,7,11,13,15-16,35-36,39-40H,3-4,6,8-10,12,14,17-34H2,1-2H3,(H,43,44)/b7-5-,13-11-,16-15-. The Hall–Kier alpha value is -1.81. The maximum absolute atomic E-state index is 12.5. The zero-order valence-corrected chi connectivity index (χ0v) is 31.5. The Balaban J connectivity index is 4.35. The van der Waals surface area contributed by atoms with E-state index in [1.807, 2.05) is 0 Å². The van der Waals surface area contributed by atoms with Crippen LogP contribution < -0.4 is 0 Å². The van der Waals surface area contributed by atoms with Gasteiger partial charge in [0.2, 0.25) is 0 Å². The van der Waals surface area contributed by atoms with Crippen LogP contribution in [0.15, 0.2) is 36.5 Å². The van der Waals surface area contributed by atoms with Crippen LogP contribution in [0.5, 0.6) is 0 Å². The van der Waals surface area contributed by atoms with Gasteiger partial charge < -0.3 is 24.6 Å². The Labute approximate surface area is 297 Å². The molecule has 10 nitrogen and oxygen atoms in total. The molecule has 0 aromatic carbocycles. The molecule has 0 spiro atoms. The Morgan fingerprint density at radius 2 is 1.12 bits per heavy atom. The Morgan fingerprint density at radius 3 is 1.69 bits per heavy atom. The van der Waals surface area contributed by atoms with Crippen LogP contribution in [0.3, 0.4) is 0 Å². The highest BCUT2D eigenvalue weighted by Gasteiger charge is 2.27. The molecule has 0 rings (SSSR count). The third kappa shape index (κ3) is 34.4. The molecular formula is C38H69O10P. The van der Waals surface area contributed by atoms with Crippen LogP contribution in [0.4, 0.5) is 0 Å². The second-order valence-electron chi connectivity index (χ2n) is 12.6. The van der Waals surface area contributed by atoms with Crippen LogP contribution in [0.25, 0.3) is 0 Å². The average molecular weight is 717 g/mol. The van der Waals surface area contributed by atoms with Crippen LogP contribution in [0, 0.1) is 0 Å². The van der Waals surface area contributed by atoms with Crippen molar-refractivity contribution >= 4 is 19.8 Å². The largest absolute Gasteiger partial charge is 0.472 e. The summed E-state index contributed by atoms with van der Waals surface area (Å²) in [5.74, 6) is -0.940. The van der Waals surface area contributed by atoms with E-state index in [0.29, 0.717) is 12.8 Å². The molecule has 286 valence electrons. The Kier molecular flexibility index (Phi) is 33.4. The number of allylic oxidation sites excluding steroid dienone is 6. The van der Waals surface area contributed by atoms with Crippen molar-refractivity contribution in [3.8, 4) is 0 Å². The van der Waals surface area contributed by atoms with Crippen LogP contribution in [-0.4, -0.2) is 65.7 Å². The molecule has 0 fully saturated rings. The van der Waals surface area contributed by atoms with E-state index in [0.717, 1.165) is 70.6 Å². The molecule has 3 unspecified atom stereocenters. The van der Waals surface area contributed by atoms with Crippen molar-refractivity contribution < 1.29 is 47.8 Å². The highest BCUT2D eigenvalue weighted by Crippen LogP contribution is 2.43. The van der Waals surface area contributed by atoms with E-state index < -0.39 is 51.8 Å². The fourth-order valence-electron chi connectivity index (χ4n) is 4.89. The number of phosphoric acid groups is 1. The molecule has 0 saturated carbocycles. The summed E-state index contributed by atoms with van der Waals surface area (Å²) in [6, 6.07) is 0. The van der Waals surface area contributed by atoms with Crippen LogP contribution >= 0.6 is 7.82 Å². The SMILES string of the molecule is CC/C=C\C/C=C\C/C=C\CCCCCCCCCC(=O)OC(COC(=O)CCCCCCCCCCC)COP(=O)(O)OCC(O)CO. The first kappa shape index (κ1) is 47.2. The van der Waals surface area contributed by atoms with Gasteiger partial charge >= 0.3 is 19.8 Å². The topological polar surface area (TPSA) is 149 Å². The number of carbonyl (C=O) groups is 2. The van der Waals surface area contributed by atoms with E-state index in [-0.39, 0.29) is 19.4 Å². The van der Waals surface area contributed by atoms with Crippen molar-refractivity contribution in [3.63, 3.8) is 0 Å². The lowest BCUT2D eigenvalue weighted by atomic mass is 10.1. The van der Waals surface area contributed by atoms with E-state index >= 15 is 0 Å². The number of aliphatic hydroxyl groups is 2. The van der Waals surface area contributed by atoms with Crippen LogP contribution in [0.1, 0.15) is 155 Å². The summed E-state index contributed by atoms with van der Waals surface area (Å²) in [7, 11) is -4.61. The van der Waals surface area contributed by atoms with Gasteiger partial charge in [-0.05, 0) is 44.9 Å². The molecule has 0 aromatic heterocycles. The van der Waals surface area contributed by atoms with Crippen molar-refractivity contribution in [1.82, 2.24) is 0 Å². The number of phosphoric ester groups is 1. The molecule has 0 aromatic rings. The fourth-order valence-corrected chi connectivity index (χ4v) is 5.68. The molecule has 0 aliphatic carbocycles. The maximum Gasteiger partial charge on any atom is 0.472 e. The van der Waals surface area contributed by atoms with Gasteiger partial charge in [0.1, 0.15) is 12.7 Å². The Morgan fingerprint density at radius 1 is 0.633 bits per heavy atom. The summed E-state index contributed by atoms with van der Waals surface area (Å²) >= 11 is 0. The molecule has 11 heteroatoms. The van der Waals surface area contributed by atoms with Gasteiger partial charge in [-0.1, -0.05) is 134 Å². The minimum Gasteiger partial charge on any atom is -0.462 e. The summed E-state index contributed by atoms with van der Waals surface area (Å²) < 4.78 is 32.5. The van der Waals surface area contributed by atoms with Crippen LogP contribution in [0.2, 0.25) is 0 Å². The molecule has 0 saturated heterocycles. The van der Waals surface area contributed by atoms with Gasteiger partial charge in [0, 0.05) is 12.8 Å². The first-order valence-electron chi connectivity index (χ1n) is 18.9. The normalized spacial score (nSPS) is 14.5. The minimum absolute atomic E-state index is 0.174. The quantitative estimate of drug-likeness (QED) is 0.0251. The predicted octanol–water partition coefficient (Wildman–Crippen LogP) is 9.22. The van der Waals surface area contributed by atoms with Crippen molar-refractivity contribution in [2.24, 2.45) is 0 Å². The van der Waals surface area contributed by atoms with E-state index in [9.17, 15) is 24.2 Å². The lowest BCUT2D eigenvalue weighted by Gasteiger charge is -2.20. The van der Waals surface area contributed by atoms with Crippen molar-refractivity contribution in [2.45, 2.75) is 167 Å². The molecule has 0 bridgehead atoms. The van der Waals surface area contributed by atoms with Gasteiger partial charge in [-0.2, -0.15) is 0 Å². The highest BCUT2D eigenvalue weighted by atomic mass is 31.2. The molecular weight excluding hydrogens is 647 g/mol. The number of esters is 2. The van der Waals surface area contributed by atoms with E-state index in [1.165, 1.54) is 44.9 Å². The second-order valence-corrected chi connectivity index (χ2v) is 14.0. The lowest BCUT2D eigenvalue weighted by molar-refractivity contribution is -0.161. The van der Waals surface area contributed by atoms with Gasteiger partial charge in [0.25, 0.3) is 0 Å². The van der Waals surface area contributed by atoms with Gasteiger partial charge in [-0.3, -0.25) is 18.6 Å². The molecule has 3 N–H and O–H groups in total. The van der Waals surface area contributed by atoms with Gasteiger partial charge in [0.05, 0.1) is 19.8 Å². The average Bonchev–Trinajstić information content (AvgIpc) is 3.09. The van der Waals surface area contributed by atoms with E-state index in [1.54, 1.807) is 0 Å². The maximum atomic E-state index is 12.5. The third-order valence-corrected chi connectivity index (χ3v) is 8.76. The molecule has 0 radical (unpaired) electrons. The van der Waals surface area contributed by atoms with Gasteiger partial charge in [-0.15, -0.1) is 0 Å².